The van der Waals surface area contributed by atoms with E-state index in [-0.39, 0.29) is 5.91 Å². The molecule has 0 saturated heterocycles. The van der Waals surface area contributed by atoms with Gasteiger partial charge in [-0.25, -0.2) is 0 Å². The minimum atomic E-state index is 0.136. The Bertz CT molecular complexity index is 554. The van der Waals surface area contributed by atoms with Gasteiger partial charge in [0.1, 0.15) is 0 Å². The van der Waals surface area contributed by atoms with Crippen molar-refractivity contribution in [2.75, 3.05) is 13.1 Å². The summed E-state index contributed by atoms with van der Waals surface area (Å²) in [7, 11) is 0. The van der Waals surface area contributed by atoms with Crippen molar-refractivity contribution in [3.05, 3.63) is 34.9 Å². The predicted octanol–water partition coefficient (Wildman–Crippen LogP) is 2.50. The third kappa shape index (κ3) is 2.48. The molecule has 2 bridgehead atoms. The van der Waals surface area contributed by atoms with E-state index in [1.165, 1.54) is 36.8 Å². The fourth-order valence-electron chi connectivity index (χ4n) is 4.69. The molecule has 1 aromatic rings. The largest absolute Gasteiger partial charge is 0.352 e. The maximum Gasteiger partial charge on any atom is 0.251 e. The van der Waals surface area contributed by atoms with Gasteiger partial charge < -0.3 is 10.6 Å². The van der Waals surface area contributed by atoms with Crippen LogP contribution >= 0.6 is 0 Å². The summed E-state index contributed by atoms with van der Waals surface area (Å²) < 4.78 is 0. The third-order valence-electron chi connectivity index (χ3n) is 5.79. The molecule has 1 heterocycles. The normalized spacial score (nSPS) is 30.2. The van der Waals surface area contributed by atoms with Crippen LogP contribution in [-0.4, -0.2) is 19.0 Å². The third-order valence-corrected chi connectivity index (χ3v) is 5.79. The number of carbonyl (C=O) groups is 1. The molecule has 3 unspecified atom stereocenters. The van der Waals surface area contributed by atoms with Crippen molar-refractivity contribution in [2.45, 2.75) is 38.6 Å². The molecule has 112 valence electrons. The van der Waals surface area contributed by atoms with Crippen molar-refractivity contribution in [3.8, 4) is 0 Å². The molecule has 3 atom stereocenters. The number of fused-ring (bicyclic) bond motifs is 3. The second kappa shape index (κ2) is 5.45. The van der Waals surface area contributed by atoms with E-state index in [9.17, 15) is 4.79 Å². The van der Waals surface area contributed by atoms with E-state index in [0.717, 1.165) is 49.4 Å². The lowest BCUT2D eigenvalue weighted by Crippen LogP contribution is -2.33. The van der Waals surface area contributed by atoms with E-state index in [1.807, 2.05) is 12.1 Å². The molecular weight excluding hydrogens is 260 g/mol. The summed E-state index contributed by atoms with van der Waals surface area (Å²) in [4.78, 5) is 12.5. The summed E-state index contributed by atoms with van der Waals surface area (Å²) in [6.45, 7) is 2.74. The fraction of sp³-hybridized carbons (Fsp3) is 0.611. The number of nitrogens with one attached hydrogen (secondary N) is 2. The summed E-state index contributed by atoms with van der Waals surface area (Å²) >= 11 is 0. The van der Waals surface area contributed by atoms with E-state index < -0.39 is 0 Å². The zero-order valence-electron chi connectivity index (χ0n) is 12.5. The van der Waals surface area contributed by atoms with Gasteiger partial charge in [-0.05, 0) is 67.2 Å². The van der Waals surface area contributed by atoms with Gasteiger partial charge in [-0.2, -0.15) is 0 Å². The van der Waals surface area contributed by atoms with Gasteiger partial charge in [0.2, 0.25) is 0 Å². The van der Waals surface area contributed by atoms with Gasteiger partial charge in [-0.3, -0.25) is 4.79 Å². The van der Waals surface area contributed by atoms with Crippen LogP contribution in [-0.2, 0) is 13.0 Å². The van der Waals surface area contributed by atoms with E-state index in [2.05, 4.69) is 16.7 Å². The van der Waals surface area contributed by atoms with Gasteiger partial charge >= 0.3 is 0 Å². The van der Waals surface area contributed by atoms with Crippen molar-refractivity contribution in [3.63, 3.8) is 0 Å². The average molecular weight is 284 g/mol. The van der Waals surface area contributed by atoms with Crippen LogP contribution in [0.25, 0.3) is 0 Å². The van der Waals surface area contributed by atoms with Crippen molar-refractivity contribution < 1.29 is 4.79 Å². The highest BCUT2D eigenvalue weighted by atomic mass is 16.1. The molecular formula is C18H24N2O. The van der Waals surface area contributed by atoms with Crippen LogP contribution in [0.4, 0.5) is 0 Å². The second-order valence-electron chi connectivity index (χ2n) is 7.01. The monoisotopic (exact) mass is 284 g/mol. The van der Waals surface area contributed by atoms with Crippen LogP contribution in [0, 0.1) is 17.8 Å². The number of benzene rings is 1. The zero-order chi connectivity index (χ0) is 14.2. The van der Waals surface area contributed by atoms with Gasteiger partial charge in [-0.1, -0.05) is 18.6 Å². The maximum atomic E-state index is 12.5. The van der Waals surface area contributed by atoms with Gasteiger partial charge in [0.05, 0.1) is 0 Å². The molecule has 2 N–H and O–H groups in total. The molecule has 0 spiro atoms. The highest BCUT2D eigenvalue weighted by molar-refractivity contribution is 5.96. The summed E-state index contributed by atoms with van der Waals surface area (Å²) in [5.74, 6) is 2.70. The molecule has 2 saturated carbocycles. The number of amides is 1. The minimum Gasteiger partial charge on any atom is -0.352 e. The summed E-state index contributed by atoms with van der Waals surface area (Å²) in [6.07, 6.45) is 6.52. The Labute approximate surface area is 126 Å². The lowest BCUT2D eigenvalue weighted by molar-refractivity contribution is 0.0940. The first kappa shape index (κ1) is 13.3. The Balaban J connectivity index is 1.43. The first-order valence-corrected chi connectivity index (χ1v) is 8.41. The standard InChI is InChI=1S/C18H24N2O/c21-18(20-11-15-9-12-4-5-13(15)8-12)17-3-1-2-14-10-19-7-6-16(14)17/h1-3,12-13,15,19H,4-11H2,(H,20,21). The Morgan fingerprint density at radius 1 is 1.29 bits per heavy atom. The van der Waals surface area contributed by atoms with Crippen molar-refractivity contribution in [1.82, 2.24) is 10.6 Å². The lowest BCUT2D eigenvalue weighted by atomic mass is 9.88. The van der Waals surface area contributed by atoms with Crippen molar-refractivity contribution in [1.29, 1.82) is 0 Å². The summed E-state index contributed by atoms with van der Waals surface area (Å²) in [5.41, 5.74) is 3.44. The first-order valence-electron chi connectivity index (χ1n) is 8.41. The van der Waals surface area contributed by atoms with Gasteiger partial charge in [-0.15, -0.1) is 0 Å². The van der Waals surface area contributed by atoms with Crippen LogP contribution in [0.1, 0.15) is 47.2 Å². The Kier molecular flexibility index (Phi) is 3.46. The second-order valence-corrected chi connectivity index (χ2v) is 7.01. The Morgan fingerprint density at radius 2 is 2.24 bits per heavy atom. The molecule has 21 heavy (non-hydrogen) atoms. The molecule has 3 nitrogen and oxygen atoms in total. The number of hydrogen-bond acceptors (Lipinski definition) is 2. The maximum absolute atomic E-state index is 12.5. The van der Waals surface area contributed by atoms with Crippen LogP contribution < -0.4 is 10.6 Å². The lowest BCUT2D eigenvalue weighted by Gasteiger charge is -2.23. The molecule has 3 aliphatic rings. The Morgan fingerprint density at radius 3 is 3.05 bits per heavy atom. The van der Waals surface area contributed by atoms with E-state index >= 15 is 0 Å². The van der Waals surface area contributed by atoms with Gasteiger partial charge in [0.25, 0.3) is 5.91 Å². The zero-order valence-corrected chi connectivity index (χ0v) is 12.5. The smallest absolute Gasteiger partial charge is 0.251 e. The van der Waals surface area contributed by atoms with E-state index in [1.54, 1.807) is 0 Å². The van der Waals surface area contributed by atoms with Crippen LogP contribution in [0.2, 0.25) is 0 Å². The first-order chi connectivity index (χ1) is 10.3. The highest BCUT2D eigenvalue weighted by Crippen LogP contribution is 2.47. The quantitative estimate of drug-likeness (QED) is 0.895. The molecule has 4 rings (SSSR count). The molecule has 0 aromatic heterocycles. The molecule has 2 fully saturated rings. The number of hydrogen-bond donors (Lipinski definition) is 2. The number of carbonyl (C=O) groups excluding carboxylic acids is 1. The summed E-state index contributed by atoms with van der Waals surface area (Å²) in [5, 5.41) is 6.59. The Hall–Kier alpha value is -1.35. The minimum absolute atomic E-state index is 0.136. The van der Waals surface area contributed by atoms with E-state index in [4.69, 9.17) is 0 Å². The topological polar surface area (TPSA) is 41.1 Å². The molecule has 1 amide bonds. The molecule has 1 aromatic carbocycles. The molecule has 1 aliphatic heterocycles. The predicted molar refractivity (Wildman–Crippen MR) is 83.1 cm³/mol. The van der Waals surface area contributed by atoms with Crippen LogP contribution in [0.3, 0.4) is 0 Å². The molecule has 0 radical (unpaired) electrons. The average Bonchev–Trinajstić information content (AvgIpc) is 3.15. The van der Waals surface area contributed by atoms with Crippen LogP contribution in [0.15, 0.2) is 18.2 Å². The molecule has 2 aliphatic carbocycles. The van der Waals surface area contributed by atoms with Gasteiger partial charge in [0.15, 0.2) is 0 Å². The molecule has 3 heteroatoms. The summed E-state index contributed by atoms with van der Waals surface area (Å²) in [6, 6.07) is 6.13. The number of rotatable bonds is 3. The van der Waals surface area contributed by atoms with Crippen LogP contribution in [0.5, 0.6) is 0 Å². The SMILES string of the molecule is O=C(NCC1CC2CCC1C2)c1cccc2c1CCNC2. The van der Waals surface area contributed by atoms with E-state index in [0.29, 0.717) is 0 Å². The van der Waals surface area contributed by atoms with Crippen molar-refractivity contribution in [2.24, 2.45) is 17.8 Å². The van der Waals surface area contributed by atoms with Gasteiger partial charge in [0, 0.05) is 18.7 Å². The fourth-order valence-corrected chi connectivity index (χ4v) is 4.69. The highest BCUT2D eigenvalue weighted by Gasteiger charge is 2.39. The van der Waals surface area contributed by atoms with Crippen molar-refractivity contribution >= 4 is 5.91 Å².